The highest BCUT2D eigenvalue weighted by Crippen LogP contribution is 2.38. The van der Waals surface area contributed by atoms with Crippen molar-refractivity contribution in [2.45, 2.75) is 52.0 Å². The Balaban J connectivity index is 2.20. The van der Waals surface area contributed by atoms with Gasteiger partial charge in [-0.2, -0.15) is 4.31 Å². The van der Waals surface area contributed by atoms with Crippen LogP contribution in [0.15, 0.2) is 23.1 Å². The smallest absolute Gasteiger partial charge is 0.309 e. The molecule has 1 aromatic rings. The highest BCUT2D eigenvalue weighted by molar-refractivity contribution is 7.89. The Labute approximate surface area is 172 Å². The highest BCUT2D eigenvalue weighted by Gasteiger charge is 2.40. The van der Waals surface area contributed by atoms with Crippen LogP contribution in [0.25, 0.3) is 0 Å². The fourth-order valence-electron chi connectivity index (χ4n) is 2.92. The second-order valence-electron chi connectivity index (χ2n) is 7.39. The van der Waals surface area contributed by atoms with Gasteiger partial charge >= 0.3 is 5.97 Å². The van der Waals surface area contributed by atoms with Gasteiger partial charge in [-0.1, -0.05) is 20.8 Å². The van der Waals surface area contributed by atoms with E-state index in [0.29, 0.717) is 24.8 Å². The number of carbonyl (C=O) groups excluding carboxylic acids is 2. The number of ether oxygens (including phenoxy) is 2. The summed E-state index contributed by atoms with van der Waals surface area (Å²) in [4.78, 5) is 24.1. The average molecular weight is 427 g/mol. The third-order valence-corrected chi connectivity index (χ3v) is 6.73. The van der Waals surface area contributed by atoms with Gasteiger partial charge in [-0.15, -0.1) is 0 Å². The van der Waals surface area contributed by atoms with Crippen molar-refractivity contribution in [3.63, 3.8) is 0 Å². The maximum Gasteiger partial charge on any atom is 0.309 e. The SMILES string of the molecule is CCN(CC)S(=O)(=O)c1ccc(OC(C)C)c(NC(=O)COC(=O)[C@H]2C[C@@H]2C)c1. The number of carbonyl (C=O) groups is 2. The van der Waals surface area contributed by atoms with Crippen LogP contribution in [-0.4, -0.2) is 50.4 Å². The van der Waals surface area contributed by atoms with E-state index in [1.54, 1.807) is 13.8 Å². The van der Waals surface area contributed by atoms with Crippen molar-refractivity contribution in [1.29, 1.82) is 0 Å². The fourth-order valence-corrected chi connectivity index (χ4v) is 4.40. The summed E-state index contributed by atoms with van der Waals surface area (Å²) in [5.74, 6) is -0.445. The molecule has 2 rings (SSSR count). The number of anilines is 1. The van der Waals surface area contributed by atoms with Gasteiger partial charge < -0.3 is 14.8 Å². The van der Waals surface area contributed by atoms with E-state index in [4.69, 9.17) is 9.47 Å². The first-order valence-electron chi connectivity index (χ1n) is 9.87. The number of nitrogens with zero attached hydrogens (tertiary/aromatic N) is 1. The molecule has 9 heteroatoms. The second kappa shape index (κ2) is 9.58. The molecular weight excluding hydrogens is 396 g/mol. The van der Waals surface area contributed by atoms with Gasteiger partial charge in [-0.05, 0) is 44.4 Å². The molecule has 0 bridgehead atoms. The predicted molar refractivity (Wildman–Crippen MR) is 109 cm³/mol. The number of hydrogen-bond donors (Lipinski definition) is 1. The quantitative estimate of drug-likeness (QED) is 0.577. The summed E-state index contributed by atoms with van der Waals surface area (Å²) in [7, 11) is -3.70. The summed E-state index contributed by atoms with van der Waals surface area (Å²) >= 11 is 0. The van der Waals surface area contributed by atoms with E-state index >= 15 is 0 Å². The van der Waals surface area contributed by atoms with Crippen molar-refractivity contribution in [3.05, 3.63) is 18.2 Å². The minimum absolute atomic E-state index is 0.0522. The molecule has 29 heavy (non-hydrogen) atoms. The minimum Gasteiger partial charge on any atom is -0.489 e. The van der Waals surface area contributed by atoms with E-state index in [2.05, 4.69) is 5.32 Å². The summed E-state index contributed by atoms with van der Waals surface area (Å²) in [6.45, 7) is 9.35. The van der Waals surface area contributed by atoms with Crippen LogP contribution >= 0.6 is 0 Å². The first-order valence-corrected chi connectivity index (χ1v) is 11.3. The standard InChI is InChI=1S/C20H30N2O6S/c1-6-22(7-2)29(25,26)15-8-9-18(28-13(3)4)17(11-15)21-19(23)12-27-20(24)16-10-14(16)5/h8-9,11,13-14,16H,6-7,10,12H2,1-5H3,(H,21,23)/t14-,16-/m0/s1. The molecule has 8 nitrogen and oxygen atoms in total. The Kier molecular flexibility index (Phi) is 7.65. The lowest BCUT2D eigenvalue weighted by atomic mass is 10.3. The third-order valence-electron chi connectivity index (χ3n) is 4.69. The largest absolute Gasteiger partial charge is 0.489 e. The second-order valence-corrected chi connectivity index (χ2v) is 9.33. The molecule has 0 unspecified atom stereocenters. The molecule has 1 aliphatic rings. The van der Waals surface area contributed by atoms with Gasteiger partial charge in [0.15, 0.2) is 6.61 Å². The summed E-state index contributed by atoms with van der Waals surface area (Å²) in [5, 5.41) is 2.61. The van der Waals surface area contributed by atoms with Crippen LogP contribution in [0.1, 0.15) is 41.0 Å². The molecule has 0 aromatic heterocycles. The molecule has 1 fully saturated rings. The Morgan fingerprint density at radius 2 is 1.86 bits per heavy atom. The number of esters is 1. The van der Waals surface area contributed by atoms with Crippen LogP contribution in [0.4, 0.5) is 5.69 Å². The molecule has 0 saturated heterocycles. The number of sulfonamides is 1. The number of rotatable bonds is 10. The van der Waals surface area contributed by atoms with E-state index in [-0.39, 0.29) is 28.6 Å². The first kappa shape index (κ1) is 23.2. The van der Waals surface area contributed by atoms with Gasteiger partial charge in [0.1, 0.15) is 5.75 Å². The number of amides is 1. The maximum absolute atomic E-state index is 12.8. The van der Waals surface area contributed by atoms with E-state index < -0.39 is 22.5 Å². The molecule has 0 aliphatic heterocycles. The molecule has 1 aromatic carbocycles. The van der Waals surface area contributed by atoms with Gasteiger partial charge in [-0.25, -0.2) is 8.42 Å². The van der Waals surface area contributed by atoms with Crippen LogP contribution in [0, 0.1) is 11.8 Å². The van der Waals surface area contributed by atoms with E-state index in [0.717, 1.165) is 6.42 Å². The predicted octanol–water partition coefficient (Wildman–Crippen LogP) is 2.64. The van der Waals surface area contributed by atoms with Crippen molar-refractivity contribution in [2.24, 2.45) is 11.8 Å². The summed E-state index contributed by atoms with van der Waals surface area (Å²) in [6, 6.07) is 4.34. The van der Waals surface area contributed by atoms with Crippen molar-refractivity contribution in [3.8, 4) is 5.75 Å². The van der Waals surface area contributed by atoms with Crippen molar-refractivity contribution >= 4 is 27.6 Å². The summed E-state index contributed by atoms with van der Waals surface area (Å²) in [6.07, 6.45) is 0.600. The van der Waals surface area contributed by atoms with Crippen LogP contribution in [0.5, 0.6) is 5.75 Å². The van der Waals surface area contributed by atoms with Crippen molar-refractivity contribution < 1.29 is 27.5 Å². The van der Waals surface area contributed by atoms with Gasteiger partial charge in [0.05, 0.1) is 22.6 Å². The molecular formula is C20H30N2O6S. The lowest BCUT2D eigenvalue weighted by Crippen LogP contribution is -2.30. The number of benzene rings is 1. The maximum atomic E-state index is 12.8. The molecule has 0 heterocycles. The zero-order valence-electron chi connectivity index (χ0n) is 17.6. The van der Waals surface area contributed by atoms with Crippen LogP contribution in [0.3, 0.4) is 0 Å². The van der Waals surface area contributed by atoms with Crippen molar-refractivity contribution in [2.75, 3.05) is 25.0 Å². The zero-order chi connectivity index (χ0) is 21.8. The zero-order valence-corrected chi connectivity index (χ0v) is 18.4. The normalized spacial score (nSPS) is 18.6. The van der Waals surface area contributed by atoms with Crippen LogP contribution < -0.4 is 10.1 Å². The van der Waals surface area contributed by atoms with Gasteiger partial charge in [-0.3, -0.25) is 9.59 Å². The molecule has 2 atom stereocenters. The van der Waals surface area contributed by atoms with Crippen LogP contribution in [-0.2, 0) is 24.3 Å². The molecule has 0 radical (unpaired) electrons. The lowest BCUT2D eigenvalue weighted by molar-refractivity contribution is -0.148. The van der Waals surface area contributed by atoms with Crippen LogP contribution in [0.2, 0.25) is 0 Å². The summed E-state index contributed by atoms with van der Waals surface area (Å²) < 4.78 is 37.6. The monoisotopic (exact) mass is 426 g/mol. The molecule has 162 valence electrons. The van der Waals surface area contributed by atoms with E-state index in [1.165, 1.54) is 22.5 Å². The van der Waals surface area contributed by atoms with Crippen molar-refractivity contribution in [1.82, 2.24) is 4.31 Å². The number of nitrogens with one attached hydrogen (secondary N) is 1. The Bertz CT molecular complexity index is 849. The first-order chi connectivity index (χ1) is 13.6. The average Bonchev–Trinajstić information content (AvgIpc) is 3.38. The lowest BCUT2D eigenvalue weighted by Gasteiger charge is -2.20. The minimum atomic E-state index is -3.70. The molecule has 1 N–H and O–H groups in total. The van der Waals surface area contributed by atoms with E-state index in [9.17, 15) is 18.0 Å². The third kappa shape index (κ3) is 5.93. The topological polar surface area (TPSA) is 102 Å². The fraction of sp³-hybridized carbons (Fsp3) is 0.600. The van der Waals surface area contributed by atoms with E-state index in [1.807, 2.05) is 20.8 Å². The Hall–Kier alpha value is -2.13. The molecule has 1 aliphatic carbocycles. The van der Waals surface area contributed by atoms with Gasteiger partial charge in [0, 0.05) is 13.1 Å². The Morgan fingerprint density at radius 3 is 2.38 bits per heavy atom. The van der Waals surface area contributed by atoms with Gasteiger partial charge in [0.25, 0.3) is 5.91 Å². The van der Waals surface area contributed by atoms with Gasteiger partial charge in [0.2, 0.25) is 10.0 Å². The number of hydrogen-bond acceptors (Lipinski definition) is 6. The Morgan fingerprint density at radius 1 is 1.24 bits per heavy atom. The highest BCUT2D eigenvalue weighted by atomic mass is 32.2. The molecule has 0 spiro atoms. The summed E-state index contributed by atoms with van der Waals surface area (Å²) in [5.41, 5.74) is 0.216. The molecule has 1 amide bonds. The molecule has 1 saturated carbocycles.